The van der Waals surface area contributed by atoms with E-state index in [2.05, 4.69) is 284 Å². The highest BCUT2D eigenvalue weighted by molar-refractivity contribution is 6.20. The summed E-state index contributed by atoms with van der Waals surface area (Å²) in [5, 5.41) is 15.6. The minimum atomic E-state index is -0.247. The van der Waals surface area contributed by atoms with E-state index in [0.29, 0.717) is 0 Å². The van der Waals surface area contributed by atoms with Crippen molar-refractivity contribution in [3.05, 3.63) is 276 Å². The Bertz CT molecular complexity index is 4800. The second kappa shape index (κ2) is 16.4. The second-order valence-electron chi connectivity index (χ2n) is 25.0. The summed E-state index contributed by atoms with van der Waals surface area (Å²) in [4.78, 5) is 0. The molecular weight excluding hydrogens is 973 g/mol. The zero-order valence-electron chi connectivity index (χ0n) is 46.6. The molecule has 81 heavy (non-hydrogen) atoms. The minimum Gasteiger partial charge on any atom is -0.0616 e. The molecule has 0 saturated heterocycles. The smallest absolute Gasteiger partial charge is 0.0159 e. The highest BCUT2D eigenvalue weighted by atomic mass is 14.4. The molecule has 0 unspecified atom stereocenters. The Hall–Kier alpha value is -9.36. The van der Waals surface area contributed by atoms with Gasteiger partial charge in [-0.25, -0.2) is 0 Å². The van der Waals surface area contributed by atoms with E-state index in [0.717, 1.165) is 0 Å². The van der Waals surface area contributed by atoms with Crippen molar-refractivity contribution in [2.45, 2.75) is 57.8 Å². The second-order valence-corrected chi connectivity index (χ2v) is 25.0. The molecule has 382 valence electrons. The van der Waals surface area contributed by atoms with E-state index in [4.69, 9.17) is 0 Å². The lowest BCUT2D eigenvalue weighted by molar-refractivity contribution is 0.660. The van der Waals surface area contributed by atoms with Crippen LogP contribution >= 0.6 is 0 Å². The Morgan fingerprint density at radius 1 is 0.185 bits per heavy atom. The highest BCUT2D eigenvalue weighted by Crippen LogP contribution is 2.60. The van der Waals surface area contributed by atoms with Crippen LogP contribution in [0, 0.1) is 0 Å². The number of fused-ring (bicyclic) bond motifs is 19. The molecule has 0 atom stereocenters. The van der Waals surface area contributed by atoms with Crippen LogP contribution in [0.15, 0.2) is 243 Å². The highest BCUT2D eigenvalue weighted by Gasteiger charge is 2.42. The van der Waals surface area contributed by atoms with Gasteiger partial charge in [0.15, 0.2) is 0 Å². The predicted molar refractivity (Wildman–Crippen MR) is 346 cm³/mol. The monoisotopic (exact) mass is 1030 g/mol. The summed E-state index contributed by atoms with van der Waals surface area (Å²) in [6.07, 6.45) is 0. The third kappa shape index (κ3) is 6.26. The molecule has 0 heterocycles. The summed E-state index contributed by atoms with van der Waals surface area (Å²) in [7, 11) is 0. The van der Waals surface area contributed by atoms with E-state index in [1.807, 2.05) is 0 Å². The van der Waals surface area contributed by atoms with Gasteiger partial charge in [0.2, 0.25) is 0 Å². The van der Waals surface area contributed by atoms with Gasteiger partial charge < -0.3 is 0 Å². The Morgan fingerprint density at radius 3 is 0.815 bits per heavy atom. The van der Waals surface area contributed by atoms with Gasteiger partial charge in [-0.2, -0.15) is 0 Å². The molecule has 0 bridgehead atoms. The van der Waals surface area contributed by atoms with Crippen molar-refractivity contribution in [3.63, 3.8) is 0 Å². The molecule has 0 N–H and O–H groups in total. The van der Waals surface area contributed by atoms with E-state index in [-0.39, 0.29) is 16.2 Å². The summed E-state index contributed by atoms with van der Waals surface area (Å²) in [6.45, 7) is 14.7. The first-order chi connectivity index (χ1) is 39.5. The van der Waals surface area contributed by atoms with Crippen LogP contribution in [-0.2, 0) is 16.2 Å². The average molecular weight is 1030 g/mol. The molecule has 0 fully saturated rings. The van der Waals surface area contributed by atoms with Crippen LogP contribution in [0.3, 0.4) is 0 Å². The molecule has 0 saturated carbocycles. The van der Waals surface area contributed by atoms with Gasteiger partial charge in [-0.15, -0.1) is 0 Å². The maximum Gasteiger partial charge on any atom is 0.0159 e. The standard InChI is InChI=1S/C81H58/c1-79(2)69-41-49(65-43-71-75(61-31-15-11-27-55(61)65)77-63-33-17-13-29-57(63)67(45-73(77)80(71,3)4)53-35-19-23-47-21-7-9-25-51(47)53)37-39-59(69)60-40-38-50(42-70(60)79)66-44-72-76(62-32-16-12-28-56(62)66)78-64-34-18-14-30-58(64)68(46-74(78)81(72,5)6)54-36-20-24-48-22-8-10-26-52(48)54/h7-46H,1-6H3. The van der Waals surface area contributed by atoms with E-state index in [9.17, 15) is 0 Å². The van der Waals surface area contributed by atoms with Crippen LogP contribution in [0.25, 0.3) is 143 Å². The van der Waals surface area contributed by atoms with Gasteiger partial charge in [0.1, 0.15) is 0 Å². The molecule has 3 aliphatic rings. The van der Waals surface area contributed by atoms with E-state index < -0.39 is 0 Å². The van der Waals surface area contributed by atoms with Crippen molar-refractivity contribution in [1.29, 1.82) is 0 Å². The summed E-state index contributed by atoms with van der Waals surface area (Å²) in [5.41, 5.74) is 26.1. The maximum absolute atomic E-state index is 2.56. The van der Waals surface area contributed by atoms with Crippen LogP contribution in [0.5, 0.6) is 0 Å². The van der Waals surface area contributed by atoms with Crippen molar-refractivity contribution in [2.24, 2.45) is 0 Å². The van der Waals surface area contributed by atoms with Crippen molar-refractivity contribution >= 4 is 64.6 Å². The molecule has 0 aromatic heterocycles. The zero-order chi connectivity index (χ0) is 54.3. The molecule has 0 heteroatoms. The van der Waals surface area contributed by atoms with E-state index in [1.165, 1.54) is 176 Å². The van der Waals surface area contributed by atoms with E-state index >= 15 is 0 Å². The number of rotatable bonds is 4. The SMILES string of the molecule is CC1(C)c2cc(-c3cc4c(c5ccccc35)-c3c(cc(-c5cccc6ccccc56)c5ccccc35)C4(C)C)ccc2-c2ccc(-c3cc4c(c5ccccc35)-c3c(cc(-c5cccc6ccccc56)c5ccccc35)C4(C)C)cc21. The Morgan fingerprint density at radius 2 is 0.457 bits per heavy atom. The van der Waals surface area contributed by atoms with Crippen LogP contribution < -0.4 is 0 Å². The molecule has 3 aliphatic carbocycles. The number of hydrogen-bond donors (Lipinski definition) is 0. The molecule has 17 rings (SSSR count). The molecular formula is C81H58. The number of hydrogen-bond acceptors (Lipinski definition) is 0. The van der Waals surface area contributed by atoms with Gasteiger partial charge in [-0.05, 0) is 212 Å². The predicted octanol–water partition coefficient (Wildman–Crippen LogP) is 22.2. The lowest BCUT2D eigenvalue weighted by Crippen LogP contribution is -2.16. The topological polar surface area (TPSA) is 0 Å². The van der Waals surface area contributed by atoms with Gasteiger partial charge in [-0.3, -0.25) is 0 Å². The fourth-order valence-electron chi connectivity index (χ4n) is 15.8. The van der Waals surface area contributed by atoms with Gasteiger partial charge in [-0.1, -0.05) is 248 Å². The van der Waals surface area contributed by atoms with Crippen LogP contribution in [0.1, 0.15) is 74.9 Å². The first-order valence-corrected chi connectivity index (χ1v) is 29.0. The molecule has 0 aliphatic heterocycles. The zero-order valence-corrected chi connectivity index (χ0v) is 46.6. The Balaban J connectivity index is 0.790. The summed E-state index contributed by atoms with van der Waals surface area (Å²) >= 11 is 0. The van der Waals surface area contributed by atoms with Crippen molar-refractivity contribution in [3.8, 4) is 77.9 Å². The van der Waals surface area contributed by atoms with Crippen molar-refractivity contribution in [2.75, 3.05) is 0 Å². The average Bonchev–Trinajstić information content (AvgIpc) is 2.86. The quantitative estimate of drug-likeness (QED) is 0.165. The third-order valence-corrected chi connectivity index (χ3v) is 19.8. The third-order valence-electron chi connectivity index (χ3n) is 19.8. The molecule has 0 nitrogen and oxygen atoms in total. The lowest BCUT2D eigenvalue weighted by atomic mass is 9.78. The van der Waals surface area contributed by atoms with Crippen molar-refractivity contribution < 1.29 is 0 Å². The maximum atomic E-state index is 2.56. The normalized spacial score (nSPS) is 14.8. The van der Waals surface area contributed by atoms with Crippen LogP contribution in [0.4, 0.5) is 0 Å². The van der Waals surface area contributed by atoms with Crippen LogP contribution in [-0.4, -0.2) is 0 Å². The Kier molecular flexibility index (Phi) is 9.41. The molecule has 0 radical (unpaired) electrons. The number of benzene rings is 14. The van der Waals surface area contributed by atoms with Gasteiger partial charge >= 0.3 is 0 Å². The largest absolute Gasteiger partial charge is 0.0616 e. The summed E-state index contributed by atoms with van der Waals surface area (Å²) in [6, 6.07) is 92.7. The fourth-order valence-corrected chi connectivity index (χ4v) is 15.8. The Labute approximate surface area is 473 Å². The van der Waals surface area contributed by atoms with Crippen LogP contribution in [0.2, 0.25) is 0 Å². The van der Waals surface area contributed by atoms with Gasteiger partial charge in [0.25, 0.3) is 0 Å². The molecule has 0 amide bonds. The van der Waals surface area contributed by atoms with Crippen molar-refractivity contribution in [1.82, 2.24) is 0 Å². The van der Waals surface area contributed by atoms with E-state index in [1.54, 1.807) is 0 Å². The molecule has 14 aromatic rings. The van der Waals surface area contributed by atoms with Gasteiger partial charge in [0, 0.05) is 16.2 Å². The lowest BCUT2D eigenvalue weighted by Gasteiger charge is -2.25. The molecule has 0 spiro atoms. The summed E-state index contributed by atoms with van der Waals surface area (Å²) in [5.74, 6) is 0. The first kappa shape index (κ1) is 46.5. The molecule has 14 aromatic carbocycles. The summed E-state index contributed by atoms with van der Waals surface area (Å²) < 4.78 is 0. The fraction of sp³-hybridized carbons (Fsp3) is 0.111. The first-order valence-electron chi connectivity index (χ1n) is 29.0. The minimum absolute atomic E-state index is 0.241. The van der Waals surface area contributed by atoms with Gasteiger partial charge in [0.05, 0.1) is 0 Å².